The van der Waals surface area contributed by atoms with Crippen molar-refractivity contribution >= 4 is 28.9 Å². The number of hydrogen-bond acceptors (Lipinski definition) is 6. The van der Waals surface area contributed by atoms with Gasteiger partial charge in [-0.25, -0.2) is 0 Å². The van der Waals surface area contributed by atoms with E-state index in [0.29, 0.717) is 55.1 Å². The van der Waals surface area contributed by atoms with E-state index in [2.05, 4.69) is 5.32 Å². The van der Waals surface area contributed by atoms with Crippen LogP contribution in [0.1, 0.15) is 25.3 Å². The molecule has 0 radical (unpaired) electrons. The van der Waals surface area contributed by atoms with Crippen LogP contribution in [0, 0.1) is 5.41 Å². The van der Waals surface area contributed by atoms with E-state index in [0.717, 1.165) is 16.9 Å². The van der Waals surface area contributed by atoms with E-state index in [-0.39, 0.29) is 17.5 Å². The van der Waals surface area contributed by atoms with Crippen LogP contribution < -0.4 is 19.7 Å². The number of nitrogens with one attached hydrogen (secondary N) is 2. The van der Waals surface area contributed by atoms with Gasteiger partial charge < -0.3 is 24.6 Å². The van der Waals surface area contributed by atoms with Crippen LogP contribution in [-0.4, -0.2) is 55.3 Å². The summed E-state index contributed by atoms with van der Waals surface area (Å²) in [7, 11) is 3.15. The second kappa shape index (κ2) is 8.20. The van der Waals surface area contributed by atoms with E-state index in [9.17, 15) is 15.0 Å². The van der Waals surface area contributed by atoms with E-state index in [1.165, 1.54) is 0 Å². The Kier molecular flexibility index (Phi) is 5.31. The third kappa shape index (κ3) is 3.32. The van der Waals surface area contributed by atoms with Gasteiger partial charge in [0.2, 0.25) is 5.91 Å². The minimum Gasteiger partial charge on any atom is -0.497 e. The highest BCUT2D eigenvalue weighted by Crippen LogP contribution is 2.46. The summed E-state index contributed by atoms with van der Waals surface area (Å²) in [4.78, 5) is 29.7. The fraction of sp³-hybridized carbons (Fsp3) is 0.346. The van der Waals surface area contributed by atoms with Gasteiger partial charge in [0.05, 0.1) is 25.5 Å². The van der Waals surface area contributed by atoms with E-state index in [1.807, 2.05) is 41.3 Å². The van der Waals surface area contributed by atoms with Crippen LogP contribution in [0.25, 0.3) is 0 Å². The molecular formula is C26H28N4O4. The maximum atomic E-state index is 14.2. The lowest BCUT2D eigenvalue weighted by Gasteiger charge is -2.43. The van der Waals surface area contributed by atoms with Crippen molar-refractivity contribution in [3.8, 4) is 11.5 Å². The Morgan fingerprint density at radius 3 is 2.29 bits per heavy atom. The molecule has 0 aliphatic carbocycles. The van der Waals surface area contributed by atoms with Crippen molar-refractivity contribution in [3.05, 3.63) is 59.3 Å². The molecule has 0 aromatic heterocycles. The summed E-state index contributed by atoms with van der Waals surface area (Å²) < 4.78 is 10.9. The van der Waals surface area contributed by atoms with Crippen molar-refractivity contribution in [3.63, 3.8) is 0 Å². The molecule has 5 rings (SSSR count). The van der Waals surface area contributed by atoms with E-state index >= 15 is 0 Å². The van der Waals surface area contributed by atoms with Crippen molar-refractivity contribution in [1.82, 2.24) is 4.90 Å². The second-order valence-electron chi connectivity index (χ2n) is 8.93. The molecule has 3 heterocycles. The van der Waals surface area contributed by atoms with Gasteiger partial charge in [0.15, 0.2) is 5.78 Å². The Hall–Kier alpha value is -3.81. The first-order valence-electron chi connectivity index (χ1n) is 11.4. The van der Waals surface area contributed by atoms with Crippen LogP contribution in [0.4, 0.5) is 11.4 Å². The number of piperidine rings is 1. The van der Waals surface area contributed by atoms with E-state index in [1.54, 1.807) is 32.1 Å². The third-order valence-corrected chi connectivity index (χ3v) is 7.14. The Balaban J connectivity index is 1.63. The number of amidine groups is 1. The SMILES string of the molecule is COc1cc(OC)cc(N2C(=N)C(=C3Cc4ccccc4N3)C(=O)C23CCN(C(C)=O)CC3)c1. The van der Waals surface area contributed by atoms with Gasteiger partial charge in [-0.2, -0.15) is 0 Å². The van der Waals surface area contributed by atoms with Crippen LogP contribution >= 0.6 is 0 Å². The zero-order chi connectivity index (χ0) is 24.0. The average Bonchev–Trinajstić information content (AvgIpc) is 3.35. The van der Waals surface area contributed by atoms with Gasteiger partial charge in [-0.1, -0.05) is 18.2 Å². The second-order valence-corrected chi connectivity index (χ2v) is 8.93. The molecule has 3 aliphatic rings. The molecule has 3 aliphatic heterocycles. The molecule has 0 unspecified atom stereocenters. The Morgan fingerprint density at radius 2 is 1.71 bits per heavy atom. The molecular weight excluding hydrogens is 432 g/mol. The van der Waals surface area contributed by atoms with E-state index < -0.39 is 5.54 Å². The summed E-state index contributed by atoms with van der Waals surface area (Å²) in [6, 6.07) is 13.4. The molecule has 8 nitrogen and oxygen atoms in total. The number of carbonyl (C=O) groups excluding carboxylic acids is 2. The van der Waals surface area contributed by atoms with Crippen molar-refractivity contribution in [2.24, 2.45) is 0 Å². The summed E-state index contributed by atoms with van der Waals surface area (Å²) in [6.45, 7) is 2.47. The number of methoxy groups -OCH3 is 2. The fourth-order valence-corrected chi connectivity index (χ4v) is 5.33. The summed E-state index contributed by atoms with van der Waals surface area (Å²) >= 11 is 0. The highest BCUT2D eigenvalue weighted by Gasteiger charge is 2.56. The highest BCUT2D eigenvalue weighted by molar-refractivity contribution is 6.37. The number of ketones is 1. The van der Waals surface area contributed by atoms with Gasteiger partial charge in [0.25, 0.3) is 0 Å². The summed E-state index contributed by atoms with van der Waals surface area (Å²) in [5.74, 6) is 1.25. The molecule has 176 valence electrons. The minimum absolute atomic E-state index is 0.00328. The topological polar surface area (TPSA) is 95.0 Å². The van der Waals surface area contributed by atoms with Crippen LogP contribution in [0.5, 0.6) is 11.5 Å². The third-order valence-electron chi connectivity index (χ3n) is 7.14. The van der Waals surface area contributed by atoms with Crippen LogP contribution in [0.3, 0.4) is 0 Å². The molecule has 0 bridgehead atoms. The molecule has 2 aromatic carbocycles. The number of allylic oxidation sites excluding steroid dienone is 1. The lowest BCUT2D eigenvalue weighted by Crippen LogP contribution is -2.57. The monoisotopic (exact) mass is 460 g/mol. The number of nitrogens with zero attached hydrogens (tertiary/aromatic N) is 2. The van der Waals surface area contributed by atoms with Crippen molar-refractivity contribution in [1.29, 1.82) is 5.41 Å². The molecule has 1 spiro atoms. The lowest BCUT2D eigenvalue weighted by atomic mass is 9.82. The van der Waals surface area contributed by atoms with Gasteiger partial charge in [-0.15, -0.1) is 0 Å². The maximum absolute atomic E-state index is 14.2. The minimum atomic E-state index is -0.945. The quantitative estimate of drug-likeness (QED) is 0.682. The van der Waals surface area contributed by atoms with Crippen molar-refractivity contribution < 1.29 is 19.1 Å². The number of Topliss-reactive ketones (excluding diaryl/α,β-unsaturated/α-hetero) is 1. The molecule has 2 N–H and O–H groups in total. The molecule has 2 aromatic rings. The van der Waals surface area contributed by atoms with Crippen LogP contribution in [-0.2, 0) is 16.0 Å². The van der Waals surface area contributed by atoms with Crippen molar-refractivity contribution in [2.45, 2.75) is 31.7 Å². The first-order valence-corrected chi connectivity index (χ1v) is 11.4. The Labute approximate surface area is 198 Å². The maximum Gasteiger partial charge on any atom is 0.219 e. The number of likely N-dealkylation sites (tertiary alicyclic amines) is 1. The summed E-state index contributed by atoms with van der Waals surface area (Å²) in [5, 5.41) is 12.6. The molecule has 8 heteroatoms. The summed E-state index contributed by atoms with van der Waals surface area (Å²) in [5.41, 5.74) is 2.95. The average molecular weight is 461 g/mol. The van der Waals surface area contributed by atoms with Gasteiger partial charge in [-0.05, 0) is 24.5 Å². The first-order chi connectivity index (χ1) is 16.4. The molecule has 1 amide bonds. The van der Waals surface area contributed by atoms with Crippen LogP contribution in [0.15, 0.2) is 53.7 Å². The van der Waals surface area contributed by atoms with Crippen molar-refractivity contribution in [2.75, 3.05) is 37.5 Å². The number of para-hydroxylation sites is 1. The standard InChI is InChI=1S/C26H28N4O4/c1-16(31)29-10-8-26(9-11-29)24(32)23(22-12-17-6-4-5-7-21(17)28-22)25(27)30(26)18-13-19(33-2)15-20(14-18)34-3/h4-7,13-15,27-28H,8-12H2,1-3H3. The normalized spacial score (nSPS) is 21.0. The molecule has 34 heavy (non-hydrogen) atoms. The zero-order valence-corrected chi connectivity index (χ0v) is 19.6. The van der Waals surface area contributed by atoms with Gasteiger partial charge >= 0.3 is 0 Å². The number of anilines is 2. The van der Waals surface area contributed by atoms with Gasteiger partial charge in [0, 0.05) is 56.0 Å². The van der Waals surface area contributed by atoms with Gasteiger partial charge in [-0.3, -0.25) is 15.0 Å². The number of amides is 1. The predicted molar refractivity (Wildman–Crippen MR) is 130 cm³/mol. The number of hydrogen-bond donors (Lipinski definition) is 2. The Morgan fingerprint density at radius 1 is 1.06 bits per heavy atom. The van der Waals surface area contributed by atoms with Crippen LogP contribution in [0.2, 0.25) is 0 Å². The molecule has 2 saturated heterocycles. The lowest BCUT2D eigenvalue weighted by molar-refractivity contribution is -0.132. The van der Waals surface area contributed by atoms with Gasteiger partial charge in [0.1, 0.15) is 22.9 Å². The highest BCUT2D eigenvalue weighted by atomic mass is 16.5. The number of rotatable bonds is 3. The molecule has 0 saturated carbocycles. The zero-order valence-electron chi connectivity index (χ0n) is 19.6. The first kappa shape index (κ1) is 22.0. The predicted octanol–water partition coefficient (Wildman–Crippen LogP) is 3.37. The summed E-state index contributed by atoms with van der Waals surface area (Å²) in [6.07, 6.45) is 1.46. The van der Waals surface area contributed by atoms with E-state index in [4.69, 9.17) is 9.47 Å². The Bertz CT molecular complexity index is 1180. The molecule has 2 fully saturated rings. The number of benzene rings is 2. The smallest absolute Gasteiger partial charge is 0.219 e. The number of ether oxygens (including phenoxy) is 2. The largest absolute Gasteiger partial charge is 0.497 e. The number of fused-ring (bicyclic) bond motifs is 1. The number of carbonyl (C=O) groups is 2. The molecule has 0 atom stereocenters. The fourth-order valence-electron chi connectivity index (χ4n) is 5.33.